The number of aromatic nitrogens is 4. The molecule has 2 fully saturated rings. The molecule has 0 spiro atoms. The summed E-state index contributed by atoms with van der Waals surface area (Å²) >= 11 is 0. The molecule has 2 aromatic carbocycles. The number of urea groups is 2. The average molecular weight is 871 g/mol. The molecule has 6 rings (SSSR count). The molecule has 0 atom stereocenters. The van der Waals surface area contributed by atoms with Gasteiger partial charge in [0.1, 0.15) is 13.2 Å². The van der Waals surface area contributed by atoms with Gasteiger partial charge in [0.05, 0.1) is 26.4 Å². The molecular formula is C45H66N12O6. The van der Waals surface area contributed by atoms with Crippen molar-refractivity contribution in [1.82, 2.24) is 41.7 Å². The number of rotatable bonds is 21. The Hall–Kier alpha value is -6.14. The smallest absolute Gasteiger partial charge is 0.314 e. The number of piperazine rings is 2. The summed E-state index contributed by atoms with van der Waals surface area (Å²) < 4.78 is 22.0. The van der Waals surface area contributed by atoms with E-state index in [1.54, 1.807) is 7.05 Å². The van der Waals surface area contributed by atoms with Crippen LogP contribution in [-0.2, 0) is 9.47 Å². The van der Waals surface area contributed by atoms with Crippen LogP contribution < -0.4 is 50.3 Å². The molecule has 18 heteroatoms. The van der Waals surface area contributed by atoms with Crippen LogP contribution >= 0.6 is 0 Å². The maximum Gasteiger partial charge on any atom is 0.314 e. The second kappa shape index (κ2) is 27.0. The number of amides is 4. The van der Waals surface area contributed by atoms with Crippen molar-refractivity contribution in [3.8, 4) is 11.8 Å². The van der Waals surface area contributed by atoms with Crippen LogP contribution in [0, 0.1) is 13.8 Å². The largest absolute Gasteiger partial charge is 0.474 e. The molecule has 2 aliphatic rings. The van der Waals surface area contributed by atoms with E-state index >= 15 is 0 Å². The van der Waals surface area contributed by atoms with Gasteiger partial charge in [-0.2, -0.15) is 0 Å². The van der Waals surface area contributed by atoms with Crippen molar-refractivity contribution in [2.45, 2.75) is 33.6 Å². The molecule has 2 aromatic heterocycles. The minimum absolute atomic E-state index is 0.157. The van der Waals surface area contributed by atoms with Crippen molar-refractivity contribution in [1.29, 1.82) is 0 Å². The number of benzene rings is 2. The summed E-state index contributed by atoms with van der Waals surface area (Å²) in [5.74, 6) is 2.69. The second-order valence-corrected chi connectivity index (χ2v) is 15.0. The first-order valence-electron chi connectivity index (χ1n) is 22.0. The van der Waals surface area contributed by atoms with Crippen LogP contribution in [0.5, 0.6) is 11.8 Å². The maximum absolute atomic E-state index is 11.5. The van der Waals surface area contributed by atoms with Crippen molar-refractivity contribution in [2.75, 3.05) is 138 Å². The van der Waals surface area contributed by atoms with Crippen molar-refractivity contribution in [3.63, 3.8) is 0 Å². The third-order valence-electron chi connectivity index (χ3n) is 10.3. The van der Waals surface area contributed by atoms with Crippen LogP contribution in [0.2, 0.25) is 0 Å². The van der Waals surface area contributed by atoms with Gasteiger partial charge in [-0.25, -0.2) is 9.59 Å². The molecule has 63 heavy (non-hydrogen) atoms. The summed E-state index contributed by atoms with van der Waals surface area (Å²) in [6.45, 7) is 17.8. The topological polar surface area (TPSA) is 184 Å². The molecule has 4 aromatic rings. The van der Waals surface area contributed by atoms with E-state index < -0.39 is 0 Å². The Kier molecular flexibility index (Phi) is 20.6. The summed E-state index contributed by atoms with van der Waals surface area (Å²) in [6.07, 6.45) is 2.04. The van der Waals surface area contributed by atoms with Gasteiger partial charge in [-0.05, 0) is 67.8 Å². The fourth-order valence-corrected chi connectivity index (χ4v) is 6.77. The van der Waals surface area contributed by atoms with E-state index in [4.69, 9.17) is 18.9 Å². The van der Waals surface area contributed by atoms with Crippen molar-refractivity contribution < 1.29 is 28.5 Å². The molecule has 0 saturated carbocycles. The highest BCUT2D eigenvalue weighted by molar-refractivity contribution is 5.73. The van der Waals surface area contributed by atoms with E-state index in [9.17, 15) is 9.59 Å². The fraction of sp³-hybridized carbons (Fsp3) is 0.511. The Bertz CT molecular complexity index is 1910. The normalized spacial score (nSPS) is 13.7. The molecule has 4 N–H and O–H groups in total. The molecule has 0 radical (unpaired) electrons. The minimum Gasteiger partial charge on any atom is -0.474 e. The molecule has 342 valence electrons. The van der Waals surface area contributed by atoms with Crippen molar-refractivity contribution in [3.05, 3.63) is 83.9 Å². The summed E-state index contributed by atoms with van der Waals surface area (Å²) in [6, 6.07) is 24.4. The van der Waals surface area contributed by atoms with Gasteiger partial charge < -0.3 is 59.8 Å². The van der Waals surface area contributed by atoms with Gasteiger partial charge in [0.2, 0.25) is 11.8 Å². The Morgan fingerprint density at radius 1 is 0.540 bits per heavy atom. The van der Waals surface area contributed by atoms with Gasteiger partial charge in [0.15, 0.2) is 11.6 Å². The zero-order valence-electron chi connectivity index (χ0n) is 37.4. The highest BCUT2D eigenvalue weighted by Gasteiger charge is 2.20. The van der Waals surface area contributed by atoms with Gasteiger partial charge in [0, 0.05) is 103 Å². The lowest BCUT2D eigenvalue weighted by atomic mass is 10.2. The van der Waals surface area contributed by atoms with Gasteiger partial charge >= 0.3 is 12.1 Å². The van der Waals surface area contributed by atoms with Crippen molar-refractivity contribution in [2.24, 2.45) is 0 Å². The molecule has 2 saturated heterocycles. The molecule has 2 aliphatic heterocycles. The molecule has 0 aliphatic carbocycles. The lowest BCUT2D eigenvalue weighted by Gasteiger charge is -2.36. The SMILES string of the molecule is CCCCNC(=O)NCCOCCOc1ccc(N2CCN(c3cccc(C)c3)CC2)nn1.CNC(=O)NCCOCCOc1ccc(N2CCN(c3cccc(C)c3)CC2)nn1. The summed E-state index contributed by atoms with van der Waals surface area (Å²) in [4.78, 5) is 31.8. The standard InChI is InChI=1S/C24H36N6O3.C21H30N6O3/c1-3-4-10-25-24(31)26-11-16-32-17-18-33-23-9-8-22(27-28-23)30-14-12-29(13-15-30)21-7-5-6-20(2)19-21;1-17-4-3-5-18(16-17)26-9-11-27(12-10-26)19-6-7-20(25-24-19)30-15-14-29-13-8-23-21(28)22-2/h5-9,19H,3-4,10-18H2,1-2H3,(H2,25,26,31);3-7,16H,8-15H2,1-2H3,(H2,22,23,28). The summed E-state index contributed by atoms with van der Waals surface area (Å²) in [5, 5.41) is 27.7. The number of nitrogens with zero attached hydrogens (tertiary/aromatic N) is 8. The number of carbonyl (C=O) groups excluding carboxylic acids is 2. The monoisotopic (exact) mass is 871 g/mol. The number of carbonyl (C=O) groups is 2. The number of hydrogen-bond donors (Lipinski definition) is 4. The van der Waals surface area contributed by atoms with E-state index in [1.807, 2.05) is 24.3 Å². The third-order valence-corrected chi connectivity index (χ3v) is 10.3. The van der Waals surface area contributed by atoms with Crippen LogP contribution in [0.3, 0.4) is 0 Å². The quantitative estimate of drug-likeness (QED) is 0.0881. The van der Waals surface area contributed by atoms with Gasteiger partial charge in [-0.15, -0.1) is 20.4 Å². The predicted molar refractivity (Wildman–Crippen MR) is 247 cm³/mol. The number of unbranched alkanes of at least 4 members (excludes halogenated alkanes) is 1. The van der Waals surface area contributed by atoms with Crippen LogP contribution in [-0.4, -0.2) is 151 Å². The number of anilines is 4. The first-order valence-corrected chi connectivity index (χ1v) is 22.0. The lowest BCUT2D eigenvalue weighted by Crippen LogP contribution is -2.46. The van der Waals surface area contributed by atoms with Gasteiger partial charge in [0.25, 0.3) is 0 Å². The van der Waals surface area contributed by atoms with E-state index in [1.165, 1.54) is 22.5 Å². The first-order chi connectivity index (χ1) is 30.8. The van der Waals surface area contributed by atoms with Crippen LogP contribution in [0.4, 0.5) is 32.6 Å². The summed E-state index contributed by atoms with van der Waals surface area (Å²) in [5.41, 5.74) is 5.11. The Labute approximate surface area is 372 Å². The number of nitrogens with one attached hydrogen (secondary N) is 4. The summed E-state index contributed by atoms with van der Waals surface area (Å²) in [7, 11) is 1.57. The zero-order valence-corrected chi connectivity index (χ0v) is 37.4. The van der Waals surface area contributed by atoms with Gasteiger partial charge in [-0.1, -0.05) is 37.6 Å². The molecular weight excluding hydrogens is 805 g/mol. The van der Waals surface area contributed by atoms with Gasteiger partial charge in [-0.3, -0.25) is 0 Å². The molecule has 18 nitrogen and oxygen atoms in total. The highest BCUT2D eigenvalue weighted by atomic mass is 16.5. The number of hydrogen-bond acceptors (Lipinski definition) is 14. The molecule has 0 unspecified atom stereocenters. The molecule has 4 heterocycles. The van der Waals surface area contributed by atoms with Crippen molar-refractivity contribution >= 4 is 35.1 Å². The predicted octanol–water partition coefficient (Wildman–Crippen LogP) is 4.04. The zero-order chi connectivity index (χ0) is 44.5. The maximum atomic E-state index is 11.5. The van der Waals surface area contributed by atoms with Crippen LogP contribution in [0.25, 0.3) is 0 Å². The molecule has 0 bridgehead atoms. The fourth-order valence-electron chi connectivity index (χ4n) is 6.77. The van der Waals surface area contributed by atoms with Crippen LogP contribution in [0.15, 0.2) is 72.8 Å². The molecule has 4 amide bonds. The average Bonchev–Trinajstić information content (AvgIpc) is 3.31. The van der Waals surface area contributed by atoms with E-state index in [0.717, 1.165) is 76.8 Å². The second-order valence-electron chi connectivity index (χ2n) is 15.0. The van der Waals surface area contributed by atoms with E-state index in [-0.39, 0.29) is 12.1 Å². The Morgan fingerprint density at radius 3 is 1.40 bits per heavy atom. The number of ether oxygens (including phenoxy) is 4. The van der Waals surface area contributed by atoms with E-state index in [2.05, 4.69) is 131 Å². The third kappa shape index (κ3) is 17.3. The van der Waals surface area contributed by atoms with E-state index in [0.29, 0.717) is 71.0 Å². The lowest BCUT2D eigenvalue weighted by molar-refractivity contribution is 0.101. The number of aryl methyl sites for hydroxylation is 2. The highest BCUT2D eigenvalue weighted by Crippen LogP contribution is 2.22. The Balaban J connectivity index is 0.000000239. The van der Waals surface area contributed by atoms with Crippen LogP contribution in [0.1, 0.15) is 30.9 Å². The first kappa shape index (κ1) is 47.9. The minimum atomic E-state index is -0.221. The Morgan fingerprint density at radius 2 is 0.984 bits per heavy atom.